The molecule has 0 amide bonds. The number of aryl methyl sites for hydroxylation is 1. The molecule has 5 nitrogen and oxygen atoms in total. The number of carboxylic acid groups (broad SMARTS) is 1. The quantitative estimate of drug-likeness (QED) is 0.882. The third kappa shape index (κ3) is 1.89. The number of imidazole rings is 1. The summed E-state index contributed by atoms with van der Waals surface area (Å²) in [6.07, 6.45) is 1.54. The van der Waals surface area contributed by atoms with Crippen LogP contribution in [0.2, 0.25) is 0 Å². The lowest BCUT2D eigenvalue weighted by Gasteiger charge is -2.10. The highest BCUT2D eigenvalue weighted by Crippen LogP contribution is 2.22. The average Bonchev–Trinajstić information content (AvgIpc) is 2.66. The molecular weight excluding hydrogens is 220 g/mol. The molecule has 0 aliphatic carbocycles. The van der Waals surface area contributed by atoms with Crippen molar-refractivity contribution in [3.63, 3.8) is 0 Å². The minimum atomic E-state index is -1.04. The Morgan fingerprint density at radius 2 is 2.24 bits per heavy atom. The first-order valence-electron chi connectivity index (χ1n) is 5.29. The fraction of sp³-hybridized carbons (Fsp3) is 0.333. The summed E-state index contributed by atoms with van der Waals surface area (Å²) in [6, 6.07) is 3.70. The number of methoxy groups -OCH3 is 1. The van der Waals surface area contributed by atoms with E-state index in [9.17, 15) is 4.79 Å². The molecule has 0 spiro atoms. The Kier molecular flexibility index (Phi) is 2.85. The van der Waals surface area contributed by atoms with Crippen molar-refractivity contribution in [2.24, 2.45) is 0 Å². The number of nitrogens with zero attached hydrogens (tertiary/aromatic N) is 2. The Morgan fingerprint density at radius 3 is 2.82 bits per heavy atom. The van der Waals surface area contributed by atoms with Crippen LogP contribution < -0.4 is 0 Å². The number of rotatable bonds is 3. The Morgan fingerprint density at radius 1 is 1.53 bits per heavy atom. The summed E-state index contributed by atoms with van der Waals surface area (Å²) in [5.41, 5.74) is 2.27. The van der Waals surface area contributed by atoms with Crippen molar-refractivity contribution in [3.8, 4) is 0 Å². The SMILES string of the molecule is COC(C)c1c(C(=O)O)nc2ccc(C)cn12. The van der Waals surface area contributed by atoms with Crippen LogP contribution in [0.1, 0.15) is 34.8 Å². The van der Waals surface area contributed by atoms with Gasteiger partial charge in [0.1, 0.15) is 5.65 Å². The molecule has 17 heavy (non-hydrogen) atoms. The lowest BCUT2D eigenvalue weighted by molar-refractivity contribution is 0.0675. The van der Waals surface area contributed by atoms with Gasteiger partial charge in [-0.25, -0.2) is 9.78 Å². The Labute approximate surface area is 98.7 Å². The molecule has 0 saturated heterocycles. The second-order valence-corrected chi connectivity index (χ2v) is 3.96. The predicted octanol–water partition coefficient (Wildman–Crippen LogP) is 2.05. The fourth-order valence-corrected chi connectivity index (χ4v) is 1.83. The van der Waals surface area contributed by atoms with Gasteiger partial charge in [0.05, 0.1) is 11.8 Å². The molecule has 2 rings (SSSR count). The van der Waals surface area contributed by atoms with Crippen LogP contribution in [0.25, 0.3) is 5.65 Å². The van der Waals surface area contributed by atoms with E-state index in [4.69, 9.17) is 9.84 Å². The van der Waals surface area contributed by atoms with Gasteiger partial charge in [-0.15, -0.1) is 0 Å². The van der Waals surface area contributed by atoms with Crippen molar-refractivity contribution in [1.29, 1.82) is 0 Å². The number of fused-ring (bicyclic) bond motifs is 1. The van der Waals surface area contributed by atoms with Crippen molar-refractivity contribution in [2.45, 2.75) is 20.0 Å². The first-order valence-corrected chi connectivity index (χ1v) is 5.29. The first kappa shape index (κ1) is 11.6. The zero-order valence-electron chi connectivity index (χ0n) is 9.97. The highest BCUT2D eigenvalue weighted by Gasteiger charge is 2.22. The van der Waals surface area contributed by atoms with Crippen LogP contribution in [0.5, 0.6) is 0 Å². The van der Waals surface area contributed by atoms with Crippen LogP contribution in [0.15, 0.2) is 18.3 Å². The molecule has 2 heterocycles. The third-order valence-corrected chi connectivity index (χ3v) is 2.74. The smallest absolute Gasteiger partial charge is 0.356 e. The number of carboxylic acids is 1. The molecule has 0 aliphatic heterocycles. The molecule has 0 aromatic carbocycles. The van der Waals surface area contributed by atoms with Gasteiger partial charge in [0.15, 0.2) is 5.69 Å². The minimum absolute atomic E-state index is 0.0463. The van der Waals surface area contributed by atoms with Crippen molar-refractivity contribution in [3.05, 3.63) is 35.3 Å². The highest BCUT2D eigenvalue weighted by molar-refractivity contribution is 5.88. The van der Waals surface area contributed by atoms with Crippen LogP contribution in [0, 0.1) is 6.92 Å². The van der Waals surface area contributed by atoms with E-state index in [-0.39, 0.29) is 11.8 Å². The van der Waals surface area contributed by atoms with Gasteiger partial charge >= 0.3 is 5.97 Å². The number of carbonyl (C=O) groups is 1. The van der Waals surface area contributed by atoms with Crippen molar-refractivity contribution < 1.29 is 14.6 Å². The third-order valence-electron chi connectivity index (χ3n) is 2.74. The second-order valence-electron chi connectivity index (χ2n) is 3.96. The van der Waals surface area contributed by atoms with Gasteiger partial charge < -0.3 is 14.2 Å². The fourth-order valence-electron chi connectivity index (χ4n) is 1.83. The van der Waals surface area contributed by atoms with Gasteiger partial charge in [0.25, 0.3) is 0 Å². The number of aromatic carboxylic acids is 1. The van der Waals surface area contributed by atoms with Gasteiger partial charge in [0.2, 0.25) is 0 Å². The Hall–Kier alpha value is -1.88. The molecule has 0 aliphatic rings. The van der Waals surface area contributed by atoms with Crippen LogP contribution in [-0.2, 0) is 4.74 Å². The molecule has 1 atom stereocenters. The molecule has 1 unspecified atom stereocenters. The first-order chi connectivity index (χ1) is 8.04. The van der Waals surface area contributed by atoms with Gasteiger partial charge in [-0.3, -0.25) is 0 Å². The summed E-state index contributed by atoms with van der Waals surface area (Å²) in [7, 11) is 1.55. The summed E-state index contributed by atoms with van der Waals surface area (Å²) in [5.74, 6) is -1.04. The molecule has 5 heteroatoms. The van der Waals surface area contributed by atoms with Gasteiger partial charge in [0, 0.05) is 13.3 Å². The largest absolute Gasteiger partial charge is 0.476 e. The minimum Gasteiger partial charge on any atom is -0.476 e. The molecule has 0 fully saturated rings. The maximum absolute atomic E-state index is 11.2. The lowest BCUT2D eigenvalue weighted by Crippen LogP contribution is -2.08. The van der Waals surface area contributed by atoms with E-state index in [2.05, 4.69) is 4.98 Å². The summed E-state index contributed by atoms with van der Waals surface area (Å²) >= 11 is 0. The summed E-state index contributed by atoms with van der Waals surface area (Å²) in [6.45, 7) is 3.75. The lowest BCUT2D eigenvalue weighted by atomic mass is 10.2. The number of aromatic nitrogens is 2. The zero-order valence-corrected chi connectivity index (χ0v) is 9.97. The zero-order chi connectivity index (χ0) is 12.6. The monoisotopic (exact) mass is 234 g/mol. The van der Waals surface area contributed by atoms with Gasteiger partial charge in [-0.2, -0.15) is 0 Å². The van der Waals surface area contributed by atoms with E-state index in [0.29, 0.717) is 11.3 Å². The van der Waals surface area contributed by atoms with Crippen LogP contribution in [0.4, 0.5) is 0 Å². The van der Waals surface area contributed by atoms with Crippen LogP contribution in [0.3, 0.4) is 0 Å². The van der Waals surface area contributed by atoms with Crippen LogP contribution >= 0.6 is 0 Å². The Bertz CT molecular complexity index is 574. The van der Waals surface area contributed by atoms with Crippen molar-refractivity contribution >= 4 is 11.6 Å². The van der Waals surface area contributed by atoms with E-state index in [1.165, 1.54) is 0 Å². The van der Waals surface area contributed by atoms with E-state index < -0.39 is 5.97 Å². The van der Waals surface area contributed by atoms with Gasteiger partial charge in [-0.1, -0.05) is 6.07 Å². The summed E-state index contributed by atoms with van der Waals surface area (Å²) in [5, 5.41) is 9.15. The number of ether oxygens (including phenoxy) is 1. The topological polar surface area (TPSA) is 63.8 Å². The molecule has 0 radical (unpaired) electrons. The second kappa shape index (κ2) is 4.18. The van der Waals surface area contributed by atoms with Crippen molar-refractivity contribution in [2.75, 3.05) is 7.11 Å². The molecule has 1 N–H and O–H groups in total. The molecule has 0 saturated carbocycles. The molecule has 2 aromatic heterocycles. The van der Waals surface area contributed by atoms with Gasteiger partial charge in [-0.05, 0) is 25.5 Å². The standard InChI is InChI=1S/C12H14N2O3/c1-7-4-5-9-13-10(12(15)16)11(8(2)17-3)14(9)6-7/h4-6,8H,1-3H3,(H,15,16). The number of hydrogen-bond acceptors (Lipinski definition) is 3. The Balaban J connectivity index is 2.77. The molecule has 0 bridgehead atoms. The van der Waals surface area contributed by atoms with E-state index in [1.807, 2.05) is 19.2 Å². The molecular formula is C12H14N2O3. The summed E-state index contributed by atoms with van der Waals surface area (Å²) in [4.78, 5) is 15.3. The number of hydrogen-bond donors (Lipinski definition) is 1. The van der Waals surface area contributed by atoms with E-state index >= 15 is 0 Å². The predicted molar refractivity (Wildman–Crippen MR) is 62.3 cm³/mol. The van der Waals surface area contributed by atoms with E-state index in [0.717, 1.165) is 5.56 Å². The number of pyridine rings is 1. The molecule has 90 valence electrons. The van der Waals surface area contributed by atoms with Crippen LogP contribution in [-0.4, -0.2) is 27.6 Å². The maximum Gasteiger partial charge on any atom is 0.356 e. The maximum atomic E-state index is 11.2. The van der Waals surface area contributed by atoms with E-state index in [1.54, 1.807) is 24.5 Å². The summed E-state index contributed by atoms with van der Waals surface area (Å²) < 4.78 is 6.98. The van der Waals surface area contributed by atoms with Crippen molar-refractivity contribution in [1.82, 2.24) is 9.38 Å². The average molecular weight is 234 g/mol. The normalized spacial score (nSPS) is 12.9. The highest BCUT2D eigenvalue weighted by atomic mass is 16.5. The molecule has 2 aromatic rings.